The monoisotopic (exact) mass is 294 g/mol. The Morgan fingerprint density at radius 1 is 1.29 bits per heavy atom. The maximum atomic E-state index is 12.4. The number of hydrogen-bond acceptors (Lipinski definition) is 6. The van der Waals surface area contributed by atoms with Crippen LogP contribution in [0.25, 0.3) is 0 Å². The van der Waals surface area contributed by atoms with Crippen molar-refractivity contribution < 1.29 is 28.9 Å². The molecule has 6 heteroatoms. The first-order valence-electron chi connectivity index (χ1n) is 7.61. The van der Waals surface area contributed by atoms with Gasteiger partial charge in [0.05, 0.1) is 16.9 Å². The molecule has 2 bridgehead atoms. The average Bonchev–Trinajstić information content (AvgIpc) is 2.86. The van der Waals surface area contributed by atoms with Crippen LogP contribution < -0.4 is 0 Å². The topological polar surface area (TPSA) is 85.4 Å². The van der Waals surface area contributed by atoms with E-state index in [0.717, 1.165) is 0 Å². The zero-order chi connectivity index (χ0) is 14.9. The predicted octanol–water partition coefficient (Wildman–Crippen LogP) is 0.0179. The van der Waals surface area contributed by atoms with Crippen molar-refractivity contribution in [2.45, 2.75) is 56.7 Å². The van der Waals surface area contributed by atoms with Crippen LogP contribution in [0.5, 0.6) is 0 Å². The van der Waals surface area contributed by atoms with Gasteiger partial charge in [-0.3, -0.25) is 4.79 Å². The molecule has 3 aliphatic heterocycles. The van der Waals surface area contributed by atoms with Crippen LogP contribution in [0, 0.1) is 23.2 Å². The van der Waals surface area contributed by atoms with Crippen LogP contribution >= 0.6 is 0 Å². The van der Waals surface area contributed by atoms with Crippen molar-refractivity contribution >= 4 is 11.9 Å². The van der Waals surface area contributed by atoms with Crippen molar-refractivity contribution in [3.05, 3.63) is 0 Å². The van der Waals surface area contributed by atoms with Crippen LogP contribution in [0.15, 0.2) is 0 Å². The number of hydrogen-bond donors (Lipinski definition) is 1. The molecular formula is C15H18O6. The van der Waals surface area contributed by atoms with Crippen LogP contribution in [0.1, 0.15) is 27.2 Å². The number of epoxide rings is 1. The second kappa shape index (κ2) is 2.99. The van der Waals surface area contributed by atoms with Crippen molar-refractivity contribution in [3.63, 3.8) is 0 Å². The molecule has 114 valence electrons. The summed E-state index contributed by atoms with van der Waals surface area (Å²) in [7, 11) is 0. The first-order chi connectivity index (χ1) is 9.79. The summed E-state index contributed by atoms with van der Waals surface area (Å²) < 4.78 is 16.7. The van der Waals surface area contributed by atoms with Crippen LogP contribution in [0.2, 0.25) is 0 Å². The summed E-state index contributed by atoms with van der Waals surface area (Å²) in [5.74, 6) is -1.31. The minimum absolute atomic E-state index is 0.124. The highest BCUT2D eigenvalue weighted by molar-refractivity contribution is 5.91. The van der Waals surface area contributed by atoms with Gasteiger partial charge in [-0.2, -0.15) is 0 Å². The molecule has 1 N–H and O–H groups in total. The molecule has 0 amide bonds. The first kappa shape index (κ1) is 12.4. The van der Waals surface area contributed by atoms with Gasteiger partial charge in [-0.25, -0.2) is 4.79 Å². The first-order valence-corrected chi connectivity index (χ1v) is 7.61. The van der Waals surface area contributed by atoms with Gasteiger partial charge in [0.2, 0.25) is 5.60 Å². The van der Waals surface area contributed by atoms with Crippen LogP contribution in [-0.2, 0) is 23.8 Å². The molecule has 8 atom stereocenters. The maximum absolute atomic E-state index is 12.4. The normalized spacial score (nSPS) is 62.4. The maximum Gasteiger partial charge on any atom is 0.342 e. The molecule has 1 spiro atoms. The van der Waals surface area contributed by atoms with Gasteiger partial charge in [0, 0.05) is 12.3 Å². The standard InChI is InChI=1S/C15H18O6/c1-5(2)7-8-11(16)19-9(7)10-13(3)14(8,18)4-6-15(13,21-6)12(17)20-10/h5-10,18H,4H2,1-3H3/t6-,7+,8-,9-,10?,13-,14-,15+/m1/s1. The summed E-state index contributed by atoms with van der Waals surface area (Å²) in [6, 6.07) is 0. The van der Waals surface area contributed by atoms with E-state index in [2.05, 4.69) is 0 Å². The Kier molecular flexibility index (Phi) is 1.77. The van der Waals surface area contributed by atoms with Crippen molar-refractivity contribution in [3.8, 4) is 0 Å². The van der Waals surface area contributed by atoms with E-state index in [1.165, 1.54) is 0 Å². The number of ether oxygens (including phenoxy) is 3. The third-order valence-electron chi connectivity index (χ3n) is 6.85. The van der Waals surface area contributed by atoms with Crippen molar-refractivity contribution in [2.75, 3.05) is 0 Å². The summed E-state index contributed by atoms with van der Waals surface area (Å²) in [5.41, 5.74) is -3.24. The third-order valence-corrected chi connectivity index (χ3v) is 6.85. The van der Waals surface area contributed by atoms with Crippen LogP contribution in [0.3, 0.4) is 0 Å². The van der Waals surface area contributed by atoms with Gasteiger partial charge in [0.1, 0.15) is 12.2 Å². The Balaban J connectivity index is 1.76. The van der Waals surface area contributed by atoms with E-state index in [4.69, 9.17) is 14.2 Å². The van der Waals surface area contributed by atoms with Crippen molar-refractivity contribution in [2.24, 2.45) is 23.2 Å². The lowest BCUT2D eigenvalue weighted by molar-refractivity contribution is -0.205. The van der Waals surface area contributed by atoms with Gasteiger partial charge in [-0.15, -0.1) is 0 Å². The highest BCUT2D eigenvalue weighted by Gasteiger charge is 2.95. The molecule has 3 saturated heterocycles. The van der Waals surface area contributed by atoms with E-state index in [1.807, 2.05) is 20.8 Å². The smallest absolute Gasteiger partial charge is 0.342 e. The van der Waals surface area contributed by atoms with Crippen molar-refractivity contribution in [1.82, 2.24) is 0 Å². The van der Waals surface area contributed by atoms with Gasteiger partial charge >= 0.3 is 11.9 Å². The molecule has 5 fully saturated rings. The lowest BCUT2D eigenvalue weighted by Gasteiger charge is -2.51. The molecule has 3 heterocycles. The van der Waals surface area contributed by atoms with E-state index in [1.54, 1.807) is 0 Å². The summed E-state index contributed by atoms with van der Waals surface area (Å²) in [6.45, 7) is 5.85. The fraction of sp³-hybridized carbons (Fsp3) is 0.867. The van der Waals surface area contributed by atoms with E-state index < -0.39 is 40.7 Å². The van der Waals surface area contributed by atoms with Gasteiger partial charge in [-0.05, 0) is 12.8 Å². The SMILES string of the molecule is CC(C)[C@@H]1[C@H]2OC(=O)[C@@H]1[C@]1(O)C[C@H]3O[C@]34C(=O)OC2[C@]14C. The van der Waals surface area contributed by atoms with Gasteiger partial charge < -0.3 is 19.3 Å². The molecule has 2 saturated carbocycles. The second-order valence-electron chi connectivity index (χ2n) is 7.70. The fourth-order valence-corrected chi connectivity index (χ4v) is 5.84. The fourth-order valence-electron chi connectivity index (χ4n) is 5.84. The zero-order valence-electron chi connectivity index (χ0n) is 12.2. The molecule has 1 unspecified atom stereocenters. The quantitative estimate of drug-likeness (QED) is 0.542. The Labute approximate surface area is 121 Å². The number of rotatable bonds is 1. The number of aliphatic hydroxyl groups is 1. The Hall–Kier alpha value is -1.14. The molecule has 2 aliphatic carbocycles. The molecule has 5 aliphatic rings. The minimum Gasteiger partial charge on any atom is -0.458 e. The molecule has 0 aromatic carbocycles. The number of fused-ring (bicyclic) bond motifs is 4. The summed E-state index contributed by atoms with van der Waals surface area (Å²) in [5, 5.41) is 11.4. The Morgan fingerprint density at radius 3 is 2.67 bits per heavy atom. The van der Waals surface area contributed by atoms with E-state index in [9.17, 15) is 14.7 Å². The highest BCUT2D eigenvalue weighted by atomic mass is 16.7. The van der Waals surface area contributed by atoms with Crippen LogP contribution in [0.4, 0.5) is 0 Å². The third kappa shape index (κ3) is 0.908. The van der Waals surface area contributed by atoms with E-state index in [0.29, 0.717) is 6.42 Å². The minimum atomic E-state index is -1.29. The molecule has 0 aromatic heterocycles. The molecule has 6 nitrogen and oxygen atoms in total. The molecule has 0 aromatic rings. The highest BCUT2D eigenvalue weighted by Crippen LogP contribution is 2.76. The molecule has 5 rings (SSSR count). The van der Waals surface area contributed by atoms with Gasteiger partial charge in [0.15, 0.2) is 6.10 Å². The van der Waals surface area contributed by atoms with Gasteiger partial charge in [-0.1, -0.05) is 13.8 Å². The Bertz CT molecular complexity index is 601. The summed E-state index contributed by atoms with van der Waals surface area (Å²) >= 11 is 0. The van der Waals surface area contributed by atoms with Crippen molar-refractivity contribution in [1.29, 1.82) is 0 Å². The largest absolute Gasteiger partial charge is 0.458 e. The lowest BCUT2D eigenvalue weighted by atomic mass is 9.52. The molecular weight excluding hydrogens is 276 g/mol. The number of carbonyl (C=O) groups excluding carboxylic acids is 2. The predicted molar refractivity (Wildman–Crippen MR) is 66.9 cm³/mol. The number of esters is 2. The lowest BCUT2D eigenvalue weighted by Crippen LogP contribution is -2.66. The van der Waals surface area contributed by atoms with E-state index >= 15 is 0 Å². The molecule has 21 heavy (non-hydrogen) atoms. The average molecular weight is 294 g/mol. The Morgan fingerprint density at radius 2 is 2.00 bits per heavy atom. The summed E-state index contributed by atoms with van der Waals surface area (Å²) in [6.07, 6.45) is -1.10. The second-order valence-corrected chi connectivity index (χ2v) is 7.70. The number of carbonyl (C=O) groups is 2. The van der Waals surface area contributed by atoms with Crippen LogP contribution in [-0.4, -0.2) is 46.6 Å². The zero-order valence-corrected chi connectivity index (χ0v) is 12.2. The molecule has 0 radical (unpaired) electrons. The summed E-state index contributed by atoms with van der Waals surface area (Å²) in [4.78, 5) is 24.7. The van der Waals surface area contributed by atoms with Gasteiger partial charge in [0.25, 0.3) is 0 Å². The van der Waals surface area contributed by atoms with E-state index in [-0.39, 0.29) is 23.9 Å².